The minimum absolute atomic E-state index is 0.0395. The molecule has 4 nitrogen and oxygen atoms in total. The first-order valence-corrected chi connectivity index (χ1v) is 8.68. The Morgan fingerprint density at radius 3 is 2.91 bits per heavy atom. The van der Waals surface area contributed by atoms with E-state index >= 15 is 0 Å². The first-order chi connectivity index (χ1) is 11.2. The van der Waals surface area contributed by atoms with E-state index in [0.717, 1.165) is 36.8 Å². The summed E-state index contributed by atoms with van der Waals surface area (Å²) in [6.07, 6.45) is 5.91. The van der Waals surface area contributed by atoms with Gasteiger partial charge in [0.25, 0.3) is 0 Å². The number of halogens is 1. The average molecular weight is 334 g/mol. The zero-order chi connectivity index (χ0) is 16.2. The monoisotopic (exact) mass is 333 g/mol. The number of nitrogens with zero attached hydrogens (tertiary/aromatic N) is 2. The van der Waals surface area contributed by atoms with Crippen LogP contribution >= 0.6 is 11.6 Å². The summed E-state index contributed by atoms with van der Waals surface area (Å²) in [5.74, 6) is 1.03. The van der Waals surface area contributed by atoms with Gasteiger partial charge in [0.1, 0.15) is 11.9 Å². The minimum Gasteiger partial charge on any atom is -0.369 e. The lowest BCUT2D eigenvalue weighted by atomic mass is 10.0. The zero-order valence-corrected chi connectivity index (χ0v) is 14.5. The van der Waals surface area contributed by atoms with Gasteiger partial charge in [0.15, 0.2) is 0 Å². The van der Waals surface area contributed by atoms with E-state index < -0.39 is 0 Å². The van der Waals surface area contributed by atoms with Crippen molar-refractivity contribution in [1.29, 1.82) is 0 Å². The molecule has 1 aromatic carbocycles. The lowest BCUT2D eigenvalue weighted by Gasteiger charge is -2.24. The topological polar surface area (TPSA) is 39.1 Å². The third kappa shape index (κ3) is 3.94. The Morgan fingerprint density at radius 1 is 1.39 bits per heavy atom. The van der Waals surface area contributed by atoms with Crippen LogP contribution < -0.4 is 5.32 Å². The van der Waals surface area contributed by atoms with Crippen molar-refractivity contribution < 1.29 is 4.74 Å². The quantitative estimate of drug-likeness (QED) is 0.877. The summed E-state index contributed by atoms with van der Waals surface area (Å²) in [5, 5.41) is 4.50. The van der Waals surface area contributed by atoms with Crippen molar-refractivity contribution in [2.75, 3.05) is 6.61 Å². The molecule has 2 aromatic rings. The van der Waals surface area contributed by atoms with Crippen molar-refractivity contribution >= 4 is 11.6 Å². The molecule has 1 fully saturated rings. The normalized spacial score (nSPS) is 22.4. The summed E-state index contributed by atoms with van der Waals surface area (Å²) >= 11 is 5.95. The number of hydrogen-bond acceptors (Lipinski definition) is 3. The van der Waals surface area contributed by atoms with Gasteiger partial charge in [-0.2, -0.15) is 0 Å². The number of aromatic nitrogens is 2. The Balaban J connectivity index is 1.63. The van der Waals surface area contributed by atoms with Crippen LogP contribution in [0.4, 0.5) is 0 Å². The second-order valence-electron chi connectivity index (χ2n) is 6.16. The van der Waals surface area contributed by atoms with Gasteiger partial charge in [-0.3, -0.25) is 0 Å². The highest BCUT2D eigenvalue weighted by atomic mass is 35.5. The lowest BCUT2D eigenvalue weighted by Crippen LogP contribution is -2.40. The second kappa shape index (κ2) is 7.47. The number of ether oxygens (including phenoxy) is 1. The van der Waals surface area contributed by atoms with E-state index in [2.05, 4.69) is 40.8 Å². The minimum atomic E-state index is 0.0395. The Kier molecular flexibility index (Phi) is 5.36. The fraction of sp³-hybridized carbons (Fsp3) is 0.500. The van der Waals surface area contributed by atoms with Crippen LogP contribution in [0, 0.1) is 0 Å². The van der Waals surface area contributed by atoms with Gasteiger partial charge in [-0.25, -0.2) is 4.98 Å². The molecule has 0 saturated carbocycles. The molecule has 23 heavy (non-hydrogen) atoms. The van der Waals surface area contributed by atoms with Crippen molar-refractivity contribution in [2.24, 2.45) is 0 Å². The number of rotatable bonds is 6. The summed E-state index contributed by atoms with van der Waals surface area (Å²) in [6.45, 7) is 6.05. The Morgan fingerprint density at radius 2 is 2.17 bits per heavy atom. The summed E-state index contributed by atoms with van der Waals surface area (Å²) in [5.41, 5.74) is 1.29. The van der Waals surface area contributed by atoms with Crippen LogP contribution in [0.15, 0.2) is 36.7 Å². The molecule has 0 radical (unpaired) electrons. The molecular weight excluding hydrogens is 310 g/mol. The number of nitrogens with one attached hydrogen (secondary N) is 1. The molecule has 0 aliphatic carbocycles. The van der Waals surface area contributed by atoms with Gasteiger partial charge >= 0.3 is 0 Å². The molecule has 0 amide bonds. The SMILES string of the molecule is CCn1ccnc1[C@H]1OCC[C@@H]1NC(C)Cc1ccc(Cl)cc1. The number of aryl methyl sites for hydroxylation is 1. The molecular formula is C18H24ClN3O. The highest BCUT2D eigenvalue weighted by Gasteiger charge is 2.33. The van der Waals surface area contributed by atoms with Crippen LogP contribution in [0.1, 0.15) is 37.8 Å². The van der Waals surface area contributed by atoms with Crippen molar-refractivity contribution in [2.45, 2.75) is 51.4 Å². The largest absolute Gasteiger partial charge is 0.369 e. The third-order valence-electron chi connectivity index (χ3n) is 4.39. The molecule has 5 heteroatoms. The Labute approximate surface area is 142 Å². The van der Waals surface area contributed by atoms with Crippen LogP contribution in [-0.4, -0.2) is 28.2 Å². The van der Waals surface area contributed by atoms with E-state index in [1.54, 1.807) is 0 Å². The molecule has 1 unspecified atom stereocenters. The fourth-order valence-electron chi connectivity index (χ4n) is 3.26. The molecule has 2 heterocycles. The Bertz CT molecular complexity index is 625. The van der Waals surface area contributed by atoms with Crippen molar-refractivity contribution in [3.05, 3.63) is 53.1 Å². The van der Waals surface area contributed by atoms with E-state index in [4.69, 9.17) is 16.3 Å². The van der Waals surface area contributed by atoms with E-state index in [0.29, 0.717) is 12.1 Å². The van der Waals surface area contributed by atoms with Crippen LogP contribution in [0.5, 0.6) is 0 Å². The van der Waals surface area contributed by atoms with Gasteiger partial charge in [0, 0.05) is 42.7 Å². The first-order valence-electron chi connectivity index (χ1n) is 8.30. The molecule has 1 N–H and O–H groups in total. The molecule has 0 spiro atoms. The van der Waals surface area contributed by atoms with Gasteiger partial charge in [-0.15, -0.1) is 0 Å². The van der Waals surface area contributed by atoms with Crippen molar-refractivity contribution in [1.82, 2.24) is 14.9 Å². The van der Waals surface area contributed by atoms with E-state index in [1.807, 2.05) is 24.5 Å². The number of hydrogen-bond donors (Lipinski definition) is 1. The average Bonchev–Trinajstić information content (AvgIpc) is 3.17. The van der Waals surface area contributed by atoms with Crippen LogP contribution in [-0.2, 0) is 17.7 Å². The van der Waals surface area contributed by atoms with Gasteiger partial charge < -0.3 is 14.6 Å². The predicted molar refractivity (Wildman–Crippen MR) is 92.8 cm³/mol. The Hall–Kier alpha value is -1.36. The molecule has 1 saturated heterocycles. The molecule has 1 aliphatic rings. The highest BCUT2D eigenvalue weighted by Crippen LogP contribution is 2.28. The summed E-state index contributed by atoms with van der Waals surface area (Å²) in [4.78, 5) is 4.50. The van der Waals surface area contributed by atoms with E-state index in [9.17, 15) is 0 Å². The maximum Gasteiger partial charge on any atom is 0.139 e. The maximum absolute atomic E-state index is 5.96. The number of benzene rings is 1. The smallest absolute Gasteiger partial charge is 0.139 e. The standard InChI is InChI=1S/C18H24ClN3O/c1-3-22-10-9-20-18(22)17-16(8-11-23-17)21-13(2)12-14-4-6-15(19)7-5-14/h4-7,9-10,13,16-17,21H,3,8,11-12H2,1-2H3/t13?,16-,17-/m0/s1. The van der Waals surface area contributed by atoms with Gasteiger partial charge in [-0.1, -0.05) is 23.7 Å². The molecule has 3 rings (SSSR count). The zero-order valence-electron chi connectivity index (χ0n) is 13.7. The molecule has 3 atom stereocenters. The predicted octanol–water partition coefficient (Wildman–Crippen LogP) is 3.61. The lowest BCUT2D eigenvalue weighted by molar-refractivity contribution is 0.0869. The maximum atomic E-state index is 5.96. The summed E-state index contributed by atoms with van der Waals surface area (Å²) in [6, 6.07) is 8.76. The van der Waals surface area contributed by atoms with Crippen LogP contribution in [0.3, 0.4) is 0 Å². The molecule has 0 bridgehead atoms. The second-order valence-corrected chi connectivity index (χ2v) is 6.59. The van der Waals surface area contributed by atoms with Gasteiger partial charge in [0.2, 0.25) is 0 Å². The molecule has 1 aromatic heterocycles. The van der Waals surface area contributed by atoms with Crippen molar-refractivity contribution in [3.8, 4) is 0 Å². The third-order valence-corrected chi connectivity index (χ3v) is 4.64. The van der Waals surface area contributed by atoms with E-state index in [1.165, 1.54) is 5.56 Å². The fourth-order valence-corrected chi connectivity index (χ4v) is 3.38. The summed E-state index contributed by atoms with van der Waals surface area (Å²) < 4.78 is 8.12. The highest BCUT2D eigenvalue weighted by molar-refractivity contribution is 6.30. The van der Waals surface area contributed by atoms with Gasteiger partial charge in [-0.05, 0) is 44.4 Å². The van der Waals surface area contributed by atoms with E-state index in [-0.39, 0.29) is 6.10 Å². The molecule has 124 valence electrons. The molecule has 1 aliphatic heterocycles. The summed E-state index contributed by atoms with van der Waals surface area (Å²) in [7, 11) is 0. The number of imidazole rings is 1. The van der Waals surface area contributed by atoms with Crippen molar-refractivity contribution in [3.63, 3.8) is 0 Å². The first kappa shape index (κ1) is 16.5. The van der Waals surface area contributed by atoms with Crippen LogP contribution in [0.2, 0.25) is 5.02 Å². The van der Waals surface area contributed by atoms with Gasteiger partial charge in [0.05, 0.1) is 0 Å². The van der Waals surface area contributed by atoms with Crippen LogP contribution in [0.25, 0.3) is 0 Å².